The zero-order chi connectivity index (χ0) is 12.5. The molecule has 0 spiro atoms. The molecule has 3 heteroatoms. The van der Waals surface area contributed by atoms with Crippen LogP contribution in [0.3, 0.4) is 0 Å². The highest BCUT2D eigenvalue weighted by atomic mass is 14.6. The topological polar surface area (TPSA) is 62.7 Å². The minimum absolute atomic E-state index is 0.562. The monoisotopic (exact) mass is 235 g/mol. The third-order valence-corrected chi connectivity index (χ3v) is 3.51. The molecular formula is C15H13N3. The van der Waals surface area contributed by atoms with Crippen LogP contribution >= 0.6 is 0 Å². The van der Waals surface area contributed by atoms with E-state index in [1.807, 2.05) is 12.1 Å². The van der Waals surface area contributed by atoms with Gasteiger partial charge >= 0.3 is 0 Å². The maximum absolute atomic E-state index is 8.91. The van der Waals surface area contributed by atoms with Crippen LogP contribution in [-0.2, 0) is 12.8 Å². The van der Waals surface area contributed by atoms with Crippen LogP contribution in [0, 0.1) is 11.3 Å². The van der Waals surface area contributed by atoms with E-state index in [-0.39, 0.29) is 0 Å². The van der Waals surface area contributed by atoms with E-state index in [1.54, 1.807) is 12.4 Å². The van der Waals surface area contributed by atoms with Gasteiger partial charge in [0.05, 0.1) is 5.56 Å². The molecule has 0 radical (unpaired) electrons. The molecule has 2 aromatic rings. The van der Waals surface area contributed by atoms with Crippen LogP contribution < -0.4 is 5.73 Å². The number of nitrogens with zero attached hydrogens (tertiary/aromatic N) is 2. The van der Waals surface area contributed by atoms with E-state index in [0.717, 1.165) is 29.7 Å². The number of nitrogens with two attached hydrogens (primary N) is 1. The molecule has 2 N–H and O–H groups in total. The Labute approximate surface area is 106 Å². The summed E-state index contributed by atoms with van der Waals surface area (Å²) in [7, 11) is 0. The lowest BCUT2D eigenvalue weighted by atomic mass is 9.98. The normalized spacial score (nSPS) is 13.1. The quantitative estimate of drug-likeness (QED) is 0.773. The van der Waals surface area contributed by atoms with Crippen LogP contribution in [0.1, 0.15) is 23.1 Å². The molecule has 1 aromatic heterocycles. The van der Waals surface area contributed by atoms with Crippen molar-refractivity contribution in [3.05, 3.63) is 47.3 Å². The van der Waals surface area contributed by atoms with Gasteiger partial charge in [-0.1, -0.05) is 12.1 Å². The Morgan fingerprint density at radius 1 is 1.22 bits per heavy atom. The van der Waals surface area contributed by atoms with Gasteiger partial charge in [-0.25, -0.2) is 0 Å². The number of nitriles is 1. The zero-order valence-electron chi connectivity index (χ0n) is 9.98. The van der Waals surface area contributed by atoms with Crippen molar-refractivity contribution in [2.24, 2.45) is 0 Å². The van der Waals surface area contributed by atoms with Crippen molar-refractivity contribution in [2.75, 3.05) is 5.73 Å². The van der Waals surface area contributed by atoms with Crippen molar-refractivity contribution in [1.29, 1.82) is 5.26 Å². The number of hydrogen-bond donors (Lipinski definition) is 1. The van der Waals surface area contributed by atoms with Gasteiger partial charge in [0.1, 0.15) is 6.07 Å². The Bertz CT molecular complexity index is 653. The SMILES string of the molecule is N#Cc1cncc(-c2ccc3c(c2N)CCC3)c1. The molecule has 0 amide bonds. The minimum Gasteiger partial charge on any atom is -0.398 e. The number of aryl methyl sites for hydroxylation is 1. The molecule has 0 saturated carbocycles. The van der Waals surface area contributed by atoms with Crippen molar-refractivity contribution in [3.8, 4) is 17.2 Å². The van der Waals surface area contributed by atoms with Gasteiger partial charge in [0, 0.05) is 29.2 Å². The number of rotatable bonds is 1. The van der Waals surface area contributed by atoms with E-state index >= 15 is 0 Å². The molecule has 1 aliphatic rings. The van der Waals surface area contributed by atoms with Crippen molar-refractivity contribution in [2.45, 2.75) is 19.3 Å². The molecule has 0 saturated heterocycles. The first-order chi connectivity index (χ1) is 8.79. The summed E-state index contributed by atoms with van der Waals surface area (Å²) in [6.07, 6.45) is 6.68. The second kappa shape index (κ2) is 4.15. The summed E-state index contributed by atoms with van der Waals surface area (Å²) in [6, 6.07) is 8.12. The lowest BCUT2D eigenvalue weighted by Crippen LogP contribution is -1.97. The molecule has 0 aliphatic heterocycles. The Morgan fingerprint density at radius 2 is 2.11 bits per heavy atom. The third kappa shape index (κ3) is 1.63. The van der Waals surface area contributed by atoms with Crippen LogP contribution in [0.2, 0.25) is 0 Å². The van der Waals surface area contributed by atoms with Crippen LogP contribution in [0.25, 0.3) is 11.1 Å². The Morgan fingerprint density at radius 3 is 2.94 bits per heavy atom. The lowest BCUT2D eigenvalue weighted by molar-refractivity contribution is 0.912. The van der Waals surface area contributed by atoms with Crippen molar-refractivity contribution in [3.63, 3.8) is 0 Å². The molecule has 88 valence electrons. The maximum Gasteiger partial charge on any atom is 0.101 e. The van der Waals surface area contributed by atoms with Crippen LogP contribution in [0.15, 0.2) is 30.6 Å². The first-order valence-corrected chi connectivity index (χ1v) is 6.05. The average Bonchev–Trinajstić information content (AvgIpc) is 2.88. The van der Waals surface area contributed by atoms with Gasteiger partial charge in [0.25, 0.3) is 0 Å². The number of nitrogen functional groups attached to an aromatic ring is 1. The van der Waals surface area contributed by atoms with Crippen LogP contribution in [0.4, 0.5) is 5.69 Å². The molecular weight excluding hydrogens is 222 g/mol. The first-order valence-electron chi connectivity index (χ1n) is 6.05. The summed E-state index contributed by atoms with van der Waals surface area (Å²) in [5.74, 6) is 0. The number of anilines is 1. The first kappa shape index (κ1) is 10.8. The molecule has 0 fully saturated rings. The largest absolute Gasteiger partial charge is 0.398 e. The van der Waals surface area contributed by atoms with Gasteiger partial charge in [-0.2, -0.15) is 5.26 Å². The van der Waals surface area contributed by atoms with Gasteiger partial charge in [0.2, 0.25) is 0 Å². The predicted molar refractivity (Wildman–Crippen MR) is 70.8 cm³/mol. The second-order valence-electron chi connectivity index (χ2n) is 4.59. The maximum atomic E-state index is 8.91. The predicted octanol–water partition coefficient (Wildman–Crippen LogP) is 2.69. The lowest BCUT2D eigenvalue weighted by Gasteiger charge is -2.10. The summed E-state index contributed by atoms with van der Waals surface area (Å²) >= 11 is 0. The fourth-order valence-corrected chi connectivity index (χ4v) is 2.59. The van der Waals surface area contributed by atoms with Gasteiger partial charge in [-0.15, -0.1) is 0 Å². The molecule has 3 nitrogen and oxygen atoms in total. The number of aromatic nitrogens is 1. The van der Waals surface area contributed by atoms with E-state index in [9.17, 15) is 0 Å². The fourth-order valence-electron chi connectivity index (χ4n) is 2.59. The van der Waals surface area contributed by atoms with E-state index in [4.69, 9.17) is 11.0 Å². The Balaban J connectivity index is 2.15. The highest BCUT2D eigenvalue weighted by molar-refractivity contribution is 5.80. The summed E-state index contributed by atoms with van der Waals surface area (Å²) in [4.78, 5) is 4.09. The van der Waals surface area contributed by atoms with Gasteiger partial charge < -0.3 is 5.73 Å². The standard InChI is InChI=1S/C15H13N3/c16-7-10-6-12(9-18-8-10)14-5-4-11-2-1-3-13(11)15(14)17/h4-6,8-9H,1-3,17H2. The summed E-state index contributed by atoms with van der Waals surface area (Å²) < 4.78 is 0. The molecule has 18 heavy (non-hydrogen) atoms. The van der Waals surface area contributed by atoms with E-state index in [2.05, 4.69) is 17.1 Å². The molecule has 1 heterocycles. The Hall–Kier alpha value is -2.34. The van der Waals surface area contributed by atoms with Crippen LogP contribution in [-0.4, -0.2) is 4.98 Å². The van der Waals surface area contributed by atoms with Crippen LogP contribution in [0.5, 0.6) is 0 Å². The number of fused-ring (bicyclic) bond motifs is 1. The van der Waals surface area contributed by atoms with Crippen molar-refractivity contribution in [1.82, 2.24) is 4.98 Å². The zero-order valence-corrected chi connectivity index (χ0v) is 9.98. The Kier molecular flexibility index (Phi) is 2.49. The van der Waals surface area contributed by atoms with Gasteiger partial charge in [-0.05, 0) is 36.5 Å². The molecule has 3 rings (SSSR count). The highest BCUT2D eigenvalue weighted by Crippen LogP contribution is 2.35. The molecule has 1 aliphatic carbocycles. The average molecular weight is 235 g/mol. The molecule has 0 unspecified atom stereocenters. The van der Waals surface area contributed by atoms with Crippen molar-refractivity contribution < 1.29 is 0 Å². The van der Waals surface area contributed by atoms with E-state index in [0.29, 0.717) is 5.56 Å². The number of pyridine rings is 1. The smallest absolute Gasteiger partial charge is 0.101 e. The number of benzene rings is 1. The summed E-state index contributed by atoms with van der Waals surface area (Å²) in [6.45, 7) is 0. The van der Waals surface area contributed by atoms with Gasteiger partial charge in [0.15, 0.2) is 0 Å². The van der Waals surface area contributed by atoms with Gasteiger partial charge in [-0.3, -0.25) is 4.98 Å². The van der Waals surface area contributed by atoms with E-state index in [1.165, 1.54) is 17.5 Å². The highest BCUT2D eigenvalue weighted by Gasteiger charge is 2.16. The summed E-state index contributed by atoms with van der Waals surface area (Å²) in [5.41, 5.74) is 12.2. The third-order valence-electron chi connectivity index (χ3n) is 3.51. The summed E-state index contributed by atoms with van der Waals surface area (Å²) in [5, 5.41) is 8.91. The fraction of sp³-hybridized carbons (Fsp3) is 0.200. The second-order valence-corrected chi connectivity index (χ2v) is 4.59. The number of hydrogen-bond acceptors (Lipinski definition) is 3. The molecule has 0 bridgehead atoms. The van der Waals surface area contributed by atoms with E-state index < -0.39 is 0 Å². The molecule has 0 atom stereocenters. The molecule has 1 aromatic carbocycles. The minimum atomic E-state index is 0.562. The van der Waals surface area contributed by atoms with Crippen molar-refractivity contribution >= 4 is 5.69 Å².